The molecule has 3 N–H and O–H groups in total. The van der Waals surface area contributed by atoms with Crippen molar-refractivity contribution in [2.75, 3.05) is 18.4 Å². The second-order valence-corrected chi connectivity index (χ2v) is 8.03. The van der Waals surface area contributed by atoms with Crippen molar-refractivity contribution in [1.82, 2.24) is 15.5 Å². The Balaban J connectivity index is 1.55. The maximum absolute atomic E-state index is 12.9. The smallest absolute Gasteiger partial charge is 0.325 e. The molecule has 2 atom stereocenters. The van der Waals surface area contributed by atoms with Gasteiger partial charge in [0.25, 0.3) is 5.91 Å². The van der Waals surface area contributed by atoms with Crippen molar-refractivity contribution in [2.24, 2.45) is 5.92 Å². The van der Waals surface area contributed by atoms with Gasteiger partial charge in [0.05, 0.1) is 6.54 Å². The molecule has 8 heteroatoms. The van der Waals surface area contributed by atoms with Crippen LogP contribution in [0.1, 0.15) is 43.7 Å². The van der Waals surface area contributed by atoms with Crippen molar-refractivity contribution in [3.63, 3.8) is 0 Å². The van der Waals surface area contributed by atoms with Crippen LogP contribution in [-0.4, -0.2) is 47.3 Å². The van der Waals surface area contributed by atoms with Gasteiger partial charge in [0.15, 0.2) is 0 Å². The first-order chi connectivity index (χ1) is 13.7. The van der Waals surface area contributed by atoms with E-state index in [1.807, 2.05) is 39.0 Å². The Morgan fingerprint density at radius 2 is 1.86 bits per heavy atom. The van der Waals surface area contributed by atoms with Gasteiger partial charge in [0.1, 0.15) is 12.1 Å². The molecule has 0 radical (unpaired) electrons. The van der Waals surface area contributed by atoms with E-state index in [0.717, 1.165) is 35.3 Å². The van der Waals surface area contributed by atoms with E-state index in [0.29, 0.717) is 12.1 Å². The molecule has 0 bridgehead atoms. The van der Waals surface area contributed by atoms with Crippen LogP contribution >= 0.6 is 0 Å². The van der Waals surface area contributed by atoms with E-state index in [1.54, 1.807) is 0 Å². The highest BCUT2D eigenvalue weighted by Crippen LogP contribution is 2.38. The molecule has 2 fully saturated rings. The Hall–Kier alpha value is -2.90. The highest BCUT2D eigenvalue weighted by molar-refractivity contribution is 6.09. The lowest BCUT2D eigenvalue weighted by Crippen LogP contribution is -2.54. The summed E-state index contributed by atoms with van der Waals surface area (Å²) in [5, 5.41) is 8.08. The standard InChI is InChI=1S/C21H28N4O4/c1-13-7-6-8-14(2)18(13)23-16(26)11-22-17(27)12-25-19(28)21(24-20(25)29)10-5-4-9-15(21)3/h6-8,15H,4-5,9-12H2,1-3H3,(H,22,27)(H,23,26)(H,24,29)/t15-,21+/m0/s1. The number of anilines is 1. The van der Waals surface area contributed by atoms with Gasteiger partial charge < -0.3 is 16.0 Å². The number of para-hydroxylation sites is 1. The second kappa shape index (κ2) is 8.23. The summed E-state index contributed by atoms with van der Waals surface area (Å²) in [4.78, 5) is 50.6. The number of hydrogen-bond acceptors (Lipinski definition) is 4. The molecule has 1 aliphatic heterocycles. The summed E-state index contributed by atoms with van der Waals surface area (Å²) in [5.41, 5.74) is 1.68. The molecule has 1 aliphatic carbocycles. The molecule has 2 aliphatic rings. The first kappa shape index (κ1) is 20.8. The first-order valence-electron chi connectivity index (χ1n) is 10.0. The number of amides is 5. The van der Waals surface area contributed by atoms with Crippen molar-refractivity contribution < 1.29 is 19.2 Å². The molecule has 29 heavy (non-hydrogen) atoms. The van der Waals surface area contributed by atoms with Crippen LogP contribution in [0.4, 0.5) is 10.5 Å². The van der Waals surface area contributed by atoms with E-state index in [1.165, 1.54) is 0 Å². The fourth-order valence-electron chi connectivity index (χ4n) is 4.21. The van der Waals surface area contributed by atoms with E-state index in [9.17, 15) is 19.2 Å². The maximum Gasteiger partial charge on any atom is 0.325 e. The Kier molecular flexibility index (Phi) is 5.91. The van der Waals surface area contributed by atoms with Gasteiger partial charge in [-0.05, 0) is 43.7 Å². The van der Waals surface area contributed by atoms with Crippen LogP contribution in [0.25, 0.3) is 0 Å². The average molecular weight is 400 g/mol. The molecule has 5 amide bonds. The van der Waals surface area contributed by atoms with E-state index >= 15 is 0 Å². The van der Waals surface area contributed by atoms with Crippen LogP contribution in [0.15, 0.2) is 18.2 Å². The SMILES string of the molecule is Cc1cccc(C)c1NC(=O)CNC(=O)CN1C(=O)N[C@@]2(CCCC[C@@H]2C)C1=O. The van der Waals surface area contributed by atoms with Gasteiger partial charge in [0.2, 0.25) is 11.8 Å². The van der Waals surface area contributed by atoms with Crippen molar-refractivity contribution >= 4 is 29.4 Å². The van der Waals surface area contributed by atoms with Gasteiger partial charge >= 0.3 is 6.03 Å². The molecule has 3 rings (SSSR count). The zero-order valence-corrected chi connectivity index (χ0v) is 17.1. The lowest BCUT2D eigenvalue weighted by Gasteiger charge is -2.36. The summed E-state index contributed by atoms with van der Waals surface area (Å²) >= 11 is 0. The number of nitrogens with one attached hydrogen (secondary N) is 3. The van der Waals surface area contributed by atoms with Crippen molar-refractivity contribution in [1.29, 1.82) is 0 Å². The highest BCUT2D eigenvalue weighted by Gasteiger charge is 2.55. The summed E-state index contributed by atoms with van der Waals surface area (Å²) in [6.45, 7) is 5.11. The summed E-state index contributed by atoms with van der Waals surface area (Å²) in [7, 11) is 0. The molecule has 1 aromatic carbocycles. The van der Waals surface area contributed by atoms with Gasteiger partial charge in [-0.1, -0.05) is 38.0 Å². The molecule has 0 unspecified atom stereocenters. The van der Waals surface area contributed by atoms with Crippen LogP contribution < -0.4 is 16.0 Å². The number of aryl methyl sites for hydroxylation is 2. The van der Waals surface area contributed by atoms with Crippen LogP contribution in [-0.2, 0) is 14.4 Å². The van der Waals surface area contributed by atoms with Crippen molar-refractivity contribution in [3.8, 4) is 0 Å². The summed E-state index contributed by atoms with van der Waals surface area (Å²) in [5.74, 6) is -1.23. The zero-order valence-electron chi connectivity index (χ0n) is 17.1. The fraction of sp³-hybridized carbons (Fsp3) is 0.524. The van der Waals surface area contributed by atoms with Crippen molar-refractivity contribution in [2.45, 2.75) is 52.0 Å². The third-order valence-corrected chi connectivity index (χ3v) is 5.99. The predicted molar refractivity (Wildman–Crippen MR) is 108 cm³/mol. The molecule has 156 valence electrons. The normalized spacial score (nSPS) is 23.8. The predicted octanol–water partition coefficient (Wildman–Crippen LogP) is 1.86. The highest BCUT2D eigenvalue weighted by atomic mass is 16.2. The summed E-state index contributed by atoms with van der Waals surface area (Å²) in [6, 6.07) is 5.14. The van der Waals surface area contributed by atoms with E-state index in [-0.39, 0.29) is 24.3 Å². The monoisotopic (exact) mass is 400 g/mol. The Bertz CT molecular complexity index is 833. The van der Waals surface area contributed by atoms with E-state index in [2.05, 4.69) is 16.0 Å². The average Bonchev–Trinajstić information content (AvgIpc) is 2.90. The first-order valence-corrected chi connectivity index (χ1v) is 10.0. The van der Waals surface area contributed by atoms with Crippen LogP contribution in [0.3, 0.4) is 0 Å². The number of nitrogens with zero attached hydrogens (tertiary/aromatic N) is 1. The summed E-state index contributed by atoms with van der Waals surface area (Å²) in [6.07, 6.45) is 3.36. The van der Waals surface area contributed by atoms with Crippen LogP contribution in [0, 0.1) is 19.8 Å². The molecule has 1 saturated heterocycles. The minimum absolute atomic E-state index is 0.0314. The van der Waals surface area contributed by atoms with Gasteiger partial charge in [-0.15, -0.1) is 0 Å². The number of imide groups is 1. The maximum atomic E-state index is 12.9. The van der Waals surface area contributed by atoms with Crippen molar-refractivity contribution in [3.05, 3.63) is 29.3 Å². The Labute approximate surface area is 170 Å². The number of benzene rings is 1. The Morgan fingerprint density at radius 1 is 1.17 bits per heavy atom. The lowest BCUT2D eigenvalue weighted by molar-refractivity contribution is -0.137. The molecular weight excluding hydrogens is 372 g/mol. The molecule has 8 nitrogen and oxygen atoms in total. The minimum atomic E-state index is -0.894. The third-order valence-electron chi connectivity index (χ3n) is 5.99. The van der Waals surface area contributed by atoms with Crippen LogP contribution in [0.5, 0.6) is 0 Å². The lowest BCUT2D eigenvalue weighted by atomic mass is 9.73. The van der Waals surface area contributed by atoms with Gasteiger partial charge in [-0.25, -0.2) is 4.79 Å². The molecule has 1 aromatic rings. The molecule has 1 heterocycles. The quantitative estimate of drug-likeness (QED) is 0.656. The molecular formula is C21H28N4O4. The Morgan fingerprint density at radius 3 is 2.52 bits per heavy atom. The number of rotatable bonds is 5. The zero-order chi connectivity index (χ0) is 21.2. The van der Waals surface area contributed by atoms with Gasteiger partial charge in [0, 0.05) is 5.69 Å². The molecule has 1 saturated carbocycles. The largest absolute Gasteiger partial charge is 0.345 e. The number of carbonyl (C=O) groups excluding carboxylic acids is 4. The minimum Gasteiger partial charge on any atom is -0.345 e. The van der Waals surface area contributed by atoms with Gasteiger partial charge in [-0.3, -0.25) is 19.3 Å². The number of urea groups is 1. The topological polar surface area (TPSA) is 108 Å². The van der Waals surface area contributed by atoms with E-state index in [4.69, 9.17) is 0 Å². The summed E-state index contributed by atoms with van der Waals surface area (Å²) < 4.78 is 0. The van der Waals surface area contributed by atoms with Crippen LogP contribution in [0.2, 0.25) is 0 Å². The van der Waals surface area contributed by atoms with Gasteiger partial charge in [-0.2, -0.15) is 0 Å². The third kappa shape index (κ3) is 4.11. The van der Waals surface area contributed by atoms with E-state index < -0.39 is 24.0 Å². The molecule has 0 aromatic heterocycles. The fourth-order valence-corrected chi connectivity index (χ4v) is 4.21. The second-order valence-electron chi connectivity index (χ2n) is 8.03. The number of carbonyl (C=O) groups is 4. The number of hydrogen-bond donors (Lipinski definition) is 3. The molecule has 1 spiro atoms.